The van der Waals surface area contributed by atoms with Gasteiger partial charge in [-0.1, -0.05) is 25.3 Å². The van der Waals surface area contributed by atoms with Crippen LogP contribution in [0.3, 0.4) is 0 Å². The molecule has 0 bridgehead atoms. The summed E-state index contributed by atoms with van der Waals surface area (Å²) in [6, 6.07) is 0. The topological polar surface area (TPSA) is 29.5 Å². The number of rotatable bonds is 2. The summed E-state index contributed by atoms with van der Waals surface area (Å²) in [7, 11) is 0. The fourth-order valence-corrected chi connectivity index (χ4v) is 1.58. The van der Waals surface area contributed by atoms with Crippen molar-refractivity contribution < 1.29 is 9.53 Å². The Morgan fingerprint density at radius 3 is 2.59 bits per heavy atom. The molecule has 0 aromatic heterocycles. The van der Waals surface area contributed by atoms with Crippen LogP contribution in [0.4, 0.5) is 4.79 Å². The SMILES string of the molecule is C=CC(=C)C1=CCN(C(=O)OC(C)(C)C)CC1. The lowest BCUT2D eigenvalue weighted by molar-refractivity contribution is 0.0266. The molecule has 1 amide bonds. The summed E-state index contributed by atoms with van der Waals surface area (Å²) in [6.45, 7) is 14.5. The minimum atomic E-state index is -0.439. The van der Waals surface area contributed by atoms with Crippen molar-refractivity contribution in [2.75, 3.05) is 13.1 Å². The van der Waals surface area contributed by atoms with Crippen LogP contribution in [0.5, 0.6) is 0 Å². The summed E-state index contributed by atoms with van der Waals surface area (Å²) in [5, 5.41) is 0. The van der Waals surface area contributed by atoms with Crippen molar-refractivity contribution in [3.8, 4) is 0 Å². The first-order chi connectivity index (χ1) is 7.83. The van der Waals surface area contributed by atoms with E-state index < -0.39 is 5.60 Å². The van der Waals surface area contributed by atoms with E-state index in [-0.39, 0.29) is 6.09 Å². The number of ether oxygens (including phenoxy) is 1. The molecular weight excluding hydrogens is 214 g/mol. The van der Waals surface area contributed by atoms with Gasteiger partial charge < -0.3 is 9.64 Å². The van der Waals surface area contributed by atoms with Gasteiger partial charge in [0.05, 0.1) is 0 Å². The molecule has 0 fully saturated rings. The normalized spacial score (nSPS) is 16.2. The minimum Gasteiger partial charge on any atom is -0.444 e. The van der Waals surface area contributed by atoms with Crippen molar-refractivity contribution >= 4 is 6.09 Å². The van der Waals surface area contributed by atoms with Gasteiger partial charge in [-0.25, -0.2) is 4.79 Å². The van der Waals surface area contributed by atoms with Crippen molar-refractivity contribution in [3.05, 3.63) is 36.5 Å². The van der Waals surface area contributed by atoms with E-state index in [0.29, 0.717) is 13.1 Å². The van der Waals surface area contributed by atoms with Gasteiger partial charge in [-0.3, -0.25) is 0 Å². The Hall–Kier alpha value is -1.51. The number of carbonyl (C=O) groups excluding carboxylic acids is 1. The molecule has 3 nitrogen and oxygen atoms in total. The number of hydrogen-bond donors (Lipinski definition) is 0. The zero-order chi connectivity index (χ0) is 13.1. The molecule has 1 aliphatic rings. The highest BCUT2D eigenvalue weighted by atomic mass is 16.6. The van der Waals surface area contributed by atoms with Crippen LogP contribution in [0.15, 0.2) is 36.5 Å². The first-order valence-electron chi connectivity index (χ1n) is 5.82. The Balaban J connectivity index is 2.57. The third kappa shape index (κ3) is 4.10. The fraction of sp³-hybridized carbons (Fsp3) is 0.500. The quantitative estimate of drug-likeness (QED) is 0.687. The zero-order valence-corrected chi connectivity index (χ0v) is 11.0. The molecule has 94 valence electrons. The third-order valence-corrected chi connectivity index (χ3v) is 2.52. The van der Waals surface area contributed by atoms with Crippen LogP contribution < -0.4 is 0 Å². The fourth-order valence-electron chi connectivity index (χ4n) is 1.58. The Kier molecular flexibility index (Phi) is 4.16. The van der Waals surface area contributed by atoms with Crippen molar-refractivity contribution in [1.29, 1.82) is 0 Å². The summed E-state index contributed by atoms with van der Waals surface area (Å²) in [5.74, 6) is 0. The molecule has 0 aromatic rings. The molecule has 1 aliphatic heterocycles. The number of hydrogen-bond acceptors (Lipinski definition) is 2. The summed E-state index contributed by atoms with van der Waals surface area (Å²) < 4.78 is 5.31. The van der Waals surface area contributed by atoms with Crippen LogP contribution in [0.25, 0.3) is 0 Å². The lowest BCUT2D eigenvalue weighted by Crippen LogP contribution is -2.39. The first kappa shape index (κ1) is 13.6. The molecule has 0 saturated heterocycles. The standard InChI is InChI=1S/C14H21NO2/c1-6-11(2)12-7-9-15(10-8-12)13(16)17-14(3,4)5/h6-7H,1-2,8-10H2,3-5H3. The Morgan fingerprint density at radius 1 is 1.53 bits per heavy atom. The Morgan fingerprint density at radius 2 is 2.18 bits per heavy atom. The van der Waals surface area contributed by atoms with Gasteiger partial charge in [0.15, 0.2) is 0 Å². The molecule has 0 saturated carbocycles. The van der Waals surface area contributed by atoms with Gasteiger partial charge in [0.2, 0.25) is 0 Å². The van der Waals surface area contributed by atoms with E-state index in [1.807, 2.05) is 26.8 Å². The van der Waals surface area contributed by atoms with Gasteiger partial charge in [0, 0.05) is 13.1 Å². The smallest absolute Gasteiger partial charge is 0.410 e. The molecule has 0 atom stereocenters. The van der Waals surface area contributed by atoms with Crippen LogP contribution in [0.1, 0.15) is 27.2 Å². The molecule has 1 rings (SSSR count). The minimum absolute atomic E-state index is 0.253. The highest BCUT2D eigenvalue weighted by Crippen LogP contribution is 2.20. The second kappa shape index (κ2) is 5.21. The van der Waals surface area contributed by atoms with E-state index in [1.165, 1.54) is 5.57 Å². The van der Waals surface area contributed by atoms with Crippen molar-refractivity contribution in [2.24, 2.45) is 0 Å². The highest BCUT2D eigenvalue weighted by Gasteiger charge is 2.23. The Labute approximate surface area is 103 Å². The molecule has 0 aromatic carbocycles. The van der Waals surface area contributed by atoms with Crippen LogP contribution >= 0.6 is 0 Å². The van der Waals surface area contributed by atoms with Crippen molar-refractivity contribution in [2.45, 2.75) is 32.8 Å². The molecule has 0 aliphatic carbocycles. The summed E-state index contributed by atoms with van der Waals surface area (Å²) in [5.41, 5.74) is 1.67. The van der Waals surface area contributed by atoms with Crippen LogP contribution in [0, 0.1) is 0 Å². The monoisotopic (exact) mass is 235 g/mol. The van der Waals surface area contributed by atoms with E-state index in [1.54, 1.807) is 11.0 Å². The second-order valence-electron chi connectivity index (χ2n) is 5.14. The highest BCUT2D eigenvalue weighted by molar-refractivity contribution is 5.68. The van der Waals surface area contributed by atoms with Crippen molar-refractivity contribution in [1.82, 2.24) is 4.90 Å². The lowest BCUT2D eigenvalue weighted by Gasteiger charge is -2.29. The molecular formula is C14H21NO2. The van der Waals surface area contributed by atoms with Gasteiger partial charge in [-0.2, -0.15) is 0 Å². The van der Waals surface area contributed by atoms with E-state index in [0.717, 1.165) is 12.0 Å². The van der Waals surface area contributed by atoms with Gasteiger partial charge in [-0.05, 0) is 38.3 Å². The number of amides is 1. The molecule has 0 unspecified atom stereocenters. The van der Waals surface area contributed by atoms with E-state index >= 15 is 0 Å². The summed E-state index contributed by atoms with van der Waals surface area (Å²) in [4.78, 5) is 13.5. The van der Waals surface area contributed by atoms with Crippen LogP contribution in [-0.2, 0) is 4.74 Å². The molecule has 17 heavy (non-hydrogen) atoms. The Bertz CT molecular complexity index is 361. The average molecular weight is 235 g/mol. The molecule has 0 N–H and O–H groups in total. The van der Waals surface area contributed by atoms with Gasteiger partial charge in [0.25, 0.3) is 0 Å². The number of allylic oxidation sites excluding steroid dienone is 2. The summed E-state index contributed by atoms with van der Waals surface area (Å²) >= 11 is 0. The molecule has 1 heterocycles. The van der Waals surface area contributed by atoms with E-state index in [4.69, 9.17) is 4.74 Å². The number of nitrogens with zero attached hydrogens (tertiary/aromatic N) is 1. The van der Waals surface area contributed by atoms with Crippen LogP contribution in [0.2, 0.25) is 0 Å². The van der Waals surface area contributed by atoms with E-state index in [9.17, 15) is 4.79 Å². The summed E-state index contributed by atoms with van der Waals surface area (Å²) in [6.07, 6.45) is 4.31. The predicted molar refractivity (Wildman–Crippen MR) is 69.8 cm³/mol. The largest absolute Gasteiger partial charge is 0.444 e. The lowest BCUT2D eigenvalue weighted by atomic mass is 10.0. The second-order valence-corrected chi connectivity index (χ2v) is 5.14. The maximum absolute atomic E-state index is 11.8. The van der Waals surface area contributed by atoms with Gasteiger partial charge in [0.1, 0.15) is 5.60 Å². The van der Waals surface area contributed by atoms with Gasteiger partial charge >= 0.3 is 6.09 Å². The molecule has 3 heteroatoms. The average Bonchev–Trinajstić information content (AvgIpc) is 2.26. The molecule has 0 radical (unpaired) electrons. The third-order valence-electron chi connectivity index (χ3n) is 2.52. The van der Waals surface area contributed by atoms with E-state index in [2.05, 4.69) is 13.2 Å². The predicted octanol–water partition coefficient (Wildman–Crippen LogP) is 3.30. The maximum Gasteiger partial charge on any atom is 0.410 e. The zero-order valence-electron chi connectivity index (χ0n) is 11.0. The number of carbonyl (C=O) groups is 1. The van der Waals surface area contributed by atoms with Crippen LogP contribution in [-0.4, -0.2) is 29.7 Å². The molecule has 0 spiro atoms. The maximum atomic E-state index is 11.8. The first-order valence-corrected chi connectivity index (χ1v) is 5.82. The van der Waals surface area contributed by atoms with Gasteiger partial charge in [-0.15, -0.1) is 0 Å². The van der Waals surface area contributed by atoms with Crippen molar-refractivity contribution in [3.63, 3.8) is 0 Å².